The van der Waals surface area contributed by atoms with Gasteiger partial charge in [0.25, 0.3) is 0 Å². The van der Waals surface area contributed by atoms with Crippen molar-refractivity contribution in [3.63, 3.8) is 0 Å². The van der Waals surface area contributed by atoms with Crippen LogP contribution in [0.15, 0.2) is 64.5 Å². The Labute approximate surface area is 150 Å². The molecule has 3 aromatic rings. The molecule has 5 heteroatoms. The quantitative estimate of drug-likeness (QED) is 0.496. The normalized spacial score (nSPS) is 10.8. The lowest BCUT2D eigenvalue weighted by molar-refractivity contribution is 0.0489. The highest BCUT2D eigenvalue weighted by Crippen LogP contribution is 2.33. The molecule has 0 fully saturated rings. The van der Waals surface area contributed by atoms with Crippen LogP contribution in [0.3, 0.4) is 0 Å². The third-order valence-corrected chi connectivity index (χ3v) is 4.74. The van der Waals surface area contributed by atoms with Gasteiger partial charge in [0, 0.05) is 26.8 Å². The lowest BCUT2D eigenvalue weighted by atomic mass is 10.1. The van der Waals surface area contributed by atoms with Crippen LogP contribution < -0.4 is 0 Å². The predicted octanol–water partition coefficient (Wildman–Crippen LogP) is 5.05. The topological polar surface area (TPSA) is 59.4 Å². The lowest BCUT2D eigenvalue weighted by Gasteiger charge is -2.09. The monoisotopic (exact) mass is 353 g/mol. The van der Waals surface area contributed by atoms with Gasteiger partial charge in [-0.2, -0.15) is 0 Å². The second kappa shape index (κ2) is 8.03. The predicted molar refractivity (Wildman–Crippen MR) is 99.2 cm³/mol. The Bertz CT molecular complexity index is 881. The first-order valence-electron chi connectivity index (χ1n) is 8.21. The van der Waals surface area contributed by atoms with Gasteiger partial charge in [-0.3, -0.25) is 0 Å². The minimum absolute atomic E-state index is 0.0351. The Morgan fingerprint density at radius 1 is 1.16 bits per heavy atom. The smallest absolute Gasteiger partial charge is 0.360 e. The molecule has 0 radical (unpaired) electrons. The van der Waals surface area contributed by atoms with Gasteiger partial charge < -0.3 is 9.84 Å². The summed E-state index contributed by atoms with van der Waals surface area (Å²) in [5.74, 6) is -0.717. The molecule has 3 rings (SSSR count). The van der Waals surface area contributed by atoms with E-state index < -0.39 is 5.97 Å². The van der Waals surface area contributed by atoms with E-state index in [1.807, 2.05) is 49.4 Å². The van der Waals surface area contributed by atoms with Crippen molar-refractivity contribution < 1.29 is 14.6 Å². The molecule has 0 aliphatic rings. The lowest BCUT2D eigenvalue weighted by Crippen LogP contribution is -2.08. The highest BCUT2D eigenvalue weighted by Gasteiger charge is 2.17. The van der Waals surface area contributed by atoms with Crippen LogP contribution in [0.1, 0.15) is 30.3 Å². The number of hydrogen-bond acceptors (Lipinski definition) is 5. The molecule has 0 atom stereocenters. The van der Waals surface area contributed by atoms with Crippen LogP contribution in [0.4, 0.5) is 0 Å². The molecule has 0 bridgehead atoms. The number of benzene rings is 2. The summed E-state index contributed by atoms with van der Waals surface area (Å²) in [4.78, 5) is 18.3. The molecule has 0 aliphatic carbocycles. The van der Waals surface area contributed by atoms with Gasteiger partial charge in [-0.15, -0.1) is 0 Å². The minimum atomic E-state index is -0.587. The van der Waals surface area contributed by atoms with Crippen molar-refractivity contribution in [2.45, 2.75) is 29.6 Å². The maximum atomic E-state index is 12.0. The Morgan fingerprint density at radius 3 is 2.72 bits per heavy atom. The van der Waals surface area contributed by atoms with Gasteiger partial charge >= 0.3 is 5.97 Å². The second-order valence-electron chi connectivity index (χ2n) is 5.61. The fraction of sp³-hybridized carbons (Fsp3) is 0.200. The number of nitrogens with zero attached hydrogens (tertiary/aromatic N) is 1. The van der Waals surface area contributed by atoms with Crippen LogP contribution in [0.2, 0.25) is 0 Å². The molecule has 0 amide bonds. The number of pyridine rings is 1. The SMILES string of the molecule is CCCCOC(=O)c1ncc2cc(Sc3ccccc3)ccc2c1O. The fourth-order valence-corrected chi connectivity index (χ4v) is 3.29. The number of fused-ring (bicyclic) bond motifs is 1. The van der Waals surface area contributed by atoms with Crippen molar-refractivity contribution in [1.82, 2.24) is 4.98 Å². The summed E-state index contributed by atoms with van der Waals surface area (Å²) in [6.07, 6.45) is 3.33. The maximum absolute atomic E-state index is 12.0. The third-order valence-electron chi connectivity index (χ3n) is 3.74. The van der Waals surface area contributed by atoms with E-state index >= 15 is 0 Å². The summed E-state index contributed by atoms with van der Waals surface area (Å²) < 4.78 is 5.14. The van der Waals surface area contributed by atoms with Gasteiger partial charge in [0.15, 0.2) is 11.4 Å². The Hall–Kier alpha value is -2.53. The van der Waals surface area contributed by atoms with Crippen LogP contribution in [-0.4, -0.2) is 22.7 Å². The number of aromatic nitrogens is 1. The molecule has 4 nitrogen and oxygen atoms in total. The molecule has 0 saturated carbocycles. The Kier molecular flexibility index (Phi) is 5.56. The summed E-state index contributed by atoms with van der Waals surface area (Å²) in [7, 11) is 0. The number of carbonyl (C=O) groups is 1. The third kappa shape index (κ3) is 4.12. The molecule has 1 aromatic heterocycles. The van der Waals surface area contributed by atoms with E-state index in [2.05, 4.69) is 4.98 Å². The molecule has 128 valence electrons. The zero-order chi connectivity index (χ0) is 17.6. The number of rotatable bonds is 6. The van der Waals surface area contributed by atoms with Crippen molar-refractivity contribution in [3.8, 4) is 5.75 Å². The molecule has 2 aromatic carbocycles. The van der Waals surface area contributed by atoms with E-state index in [0.29, 0.717) is 12.0 Å². The number of aromatic hydroxyl groups is 1. The molecular formula is C20H19NO3S. The van der Waals surface area contributed by atoms with Gasteiger partial charge in [0.2, 0.25) is 0 Å². The van der Waals surface area contributed by atoms with Crippen LogP contribution in [0.25, 0.3) is 10.8 Å². The average molecular weight is 353 g/mol. The van der Waals surface area contributed by atoms with Gasteiger partial charge in [-0.05, 0) is 36.8 Å². The maximum Gasteiger partial charge on any atom is 0.360 e. The largest absolute Gasteiger partial charge is 0.505 e. The standard InChI is InChI=1S/C20H19NO3S/c1-2-3-11-24-20(23)18-19(22)17-10-9-16(12-14(17)13-21-18)25-15-7-5-4-6-8-15/h4-10,12-13,22H,2-3,11H2,1H3. The highest BCUT2D eigenvalue weighted by molar-refractivity contribution is 7.99. The second-order valence-corrected chi connectivity index (χ2v) is 6.76. The van der Waals surface area contributed by atoms with Crippen molar-refractivity contribution >= 4 is 28.5 Å². The molecule has 1 heterocycles. The molecule has 25 heavy (non-hydrogen) atoms. The molecule has 0 unspecified atom stereocenters. The number of ether oxygens (including phenoxy) is 1. The molecule has 1 N–H and O–H groups in total. The van der Waals surface area contributed by atoms with Crippen molar-refractivity contribution in [3.05, 3.63) is 60.4 Å². The van der Waals surface area contributed by atoms with Crippen molar-refractivity contribution in [1.29, 1.82) is 0 Å². The number of carbonyl (C=O) groups excluding carboxylic acids is 1. The zero-order valence-electron chi connectivity index (χ0n) is 13.9. The molecule has 0 spiro atoms. The summed E-state index contributed by atoms with van der Waals surface area (Å²) in [6, 6.07) is 15.7. The number of esters is 1. The van der Waals surface area contributed by atoms with Gasteiger partial charge in [0.1, 0.15) is 0 Å². The van der Waals surface area contributed by atoms with E-state index in [1.54, 1.807) is 24.0 Å². The zero-order valence-corrected chi connectivity index (χ0v) is 14.8. The fourth-order valence-electron chi connectivity index (χ4n) is 2.40. The van der Waals surface area contributed by atoms with Crippen LogP contribution in [0.5, 0.6) is 5.75 Å². The first kappa shape index (κ1) is 17.3. The van der Waals surface area contributed by atoms with E-state index in [4.69, 9.17) is 4.74 Å². The van der Waals surface area contributed by atoms with Crippen LogP contribution in [-0.2, 0) is 4.74 Å². The average Bonchev–Trinajstić information content (AvgIpc) is 2.63. The summed E-state index contributed by atoms with van der Waals surface area (Å²) in [5, 5.41) is 11.8. The molecule has 0 saturated heterocycles. The van der Waals surface area contributed by atoms with E-state index in [1.165, 1.54) is 0 Å². The van der Waals surface area contributed by atoms with E-state index in [0.717, 1.165) is 28.0 Å². The summed E-state index contributed by atoms with van der Waals surface area (Å²) in [6.45, 7) is 2.35. The van der Waals surface area contributed by atoms with E-state index in [-0.39, 0.29) is 11.4 Å². The van der Waals surface area contributed by atoms with Crippen LogP contribution >= 0.6 is 11.8 Å². The number of unbranched alkanes of at least 4 members (excludes halogenated alkanes) is 1. The summed E-state index contributed by atoms with van der Waals surface area (Å²) >= 11 is 1.63. The molecular weight excluding hydrogens is 334 g/mol. The minimum Gasteiger partial charge on any atom is -0.505 e. The van der Waals surface area contributed by atoms with E-state index in [9.17, 15) is 9.90 Å². The number of hydrogen-bond donors (Lipinski definition) is 1. The van der Waals surface area contributed by atoms with Gasteiger partial charge in [-0.25, -0.2) is 9.78 Å². The first-order chi connectivity index (χ1) is 12.2. The highest BCUT2D eigenvalue weighted by atomic mass is 32.2. The molecule has 0 aliphatic heterocycles. The van der Waals surface area contributed by atoms with Crippen molar-refractivity contribution in [2.75, 3.05) is 6.61 Å². The van der Waals surface area contributed by atoms with Crippen molar-refractivity contribution in [2.24, 2.45) is 0 Å². The van der Waals surface area contributed by atoms with Crippen LogP contribution in [0, 0.1) is 0 Å². The Morgan fingerprint density at radius 2 is 1.96 bits per heavy atom. The Balaban J connectivity index is 1.85. The first-order valence-corrected chi connectivity index (χ1v) is 9.02. The van der Waals surface area contributed by atoms with Gasteiger partial charge in [0.05, 0.1) is 6.61 Å². The summed E-state index contributed by atoms with van der Waals surface area (Å²) in [5.41, 5.74) is -0.0351. The van der Waals surface area contributed by atoms with Gasteiger partial charge in [-0.1, -0.05) is 43.3 Å².